The second kappa shape index (κ2) is 8.74. The van der Waals surface area contributed by atoms with Gasteiger partial charge in [-0.05, 0) is 49.9 Å². The number of aromatic nitrogens is 2. The van der Waals surface area contributed by atoms with E-state index in [0.717, 1.165) is 42.1 Å². The Balaban J connectivity index is 1.73. The predicted molar refractivity (Wildman–Crippen MR) is 118 cm³/mol. The van der Waals surface area contributed by atoms with Crippen molar-refractivity contribution in [2.45, 2.75) is 40.2 Å². The molecule has 0 bridgehead atoms. The van der Waals surface area contributed by atoms with Crippen molar-refractivity contribution in [2.24, 2.45) is 11.8 Å². The first-order chi connectivity index (χ1) is 14.5. The van der Waals surface area contributed by atoms with Gasteiger partial charge in [0, 0.05) is 12.5 Å². The molecule has 0 atom stereocenters. The van der Waals surface area contributed by atoms with E-state index in [0.29, 0.717) is 18.3 Å². The summed E-state index contributed by atoms with van der Waals surface area (Å²) in [6.45, 7) is 7.52. The fraction of sp³-hybridized carbons (Fsp3) is 0.360. The lowest BCUT2D eigenvalue weighted by Gasteiger charge is -2.25. The first-order valence-corrected chi connectivity index (χ1v) is 10.7. The normalized spacial score (nSPS) is 13.5. The lowest BCUT2D eigenvalue weighted by atomic mass is 10.1. The number of hydrogen-bond acceptors (Lipinski definition) is 3. The van der Waals surface area contributed by atoms with E-state index in [2.05, 4.69) is 13.8 Å². The lowest BCUT2D eigenvalue weighted by Crippen LogP contribution is -2.35. The third-order valence-corrected chi connectivity index (χ3v) is 5.27. The molecule has 0 aliphatic heterocycles. The molecule has 1 amide bonds. The van der Waals surface area contributed by atoms with Crippen LogP contribution < -0.4 is 4.74 Å². The molecule has 1 aliphatic rings. The Labute approximate surface area is 178 Å². The molecule has 0 saturated heterocycles. The van der Waals surface area contributed by atoms with Crippen LogP contribution in [0, 0.1) is 18.8 Å². The molecule has 3 aromatic rings. The van der Waals surface area contributed by atoms with E-state index in [1.165, 1.54) is 0 Å². The van der Waals surface area contributed by atoms with Gasteiger partial charge in [-0.25, -0.2) is 4.68 Å². The molecule has 30 heavy (non-hydrogen) atoms. The molecular formula is C25H29N3O2. The van der Waals surface area contributed by atoms with Crippen LogP contribution in [0.2, 0.25) is 0 Å². The monoisotopic (exact) mass is 403 g/mol. The van der Waals surface area contributed by atoms with E-state index in [1.807, 2.05) is 77.2 Å². The van der Waals surface area contributed by atoms with Gasteiger partial charge in [0.05, 0.1) is 23.5 Å². The topological polar surface area (TPSA) is 47.4 Å². The SMILES string of the molecule is Cc1nn(-c2ccccc2)c(Oc2ccccc2)c1CN(CC(C)C)C(=O)C1CC1. The number of amides is 1. The van der Waals surface area contributed by atoms with E-state index >= 15 is 0 Å². The van der Waals surface area contributed by atoms with Gasteiger partial charge >= 0.3 is 0 Å². The maximum absolute atomic E-state index is 13.0. The molecule has 1 heterocycles. The quantitative estimate of drug-likeness (QED) is 0.508. The van der Waals surface area contributed by atoms with Gasteiger partial charge in [-0.2, -0.15) is 5.10 Å². The Morgan fingerprint density at radius 2 is 1.73 bits per heavy atom. The predicted octanol–water partition coefficient (Wildman–Crippen LogP) is 5.37. The largest absolute Gasteiger partial charge is 0.439 e. The number of rotatable bonds is 8. The highest BCUT2D eigenvalue weighted by Crippen LogP contribution is 2.35. The van der Waals surface area contributed by atoms with Crippen LogP contribution in [0.15, 0.2) is 60.7 Å². The fourth-order valence-corrected chi connectivity index (χ4v) is 3.62. The van der Waals surface area contributed by atoms with Crippen molar-refractivity contribution in [3.8, 4) is 17.3 Å². The molecule has 5 heteroatoms. The van der Waals surface area contributed by atoms with E-state index < -0.39 is 0 Å². The maximum Gasteiger partial charge on any atom is 0.227 e. The van der Waals surface area contributed by atoms with Crippen LogP contribution in [-0.2, 0) is 11.3 Å². The summed E-state index contributed by atoms with van der Waals surface area (Å²) in [5.41, 5.74) is 2.77. The minimum Gasteiger partial charge on any atom is -0.439 e. The molecule has 1 saturated carbocycles. The van der Waals surface area contributed by atoms with E-state index in [-0.39, 0.29) is 11.8 Å². The van der Waals surface area contributed by atoms with Crippen LogP contribution in [0.4, 0.5) is 0 Å². The summed E-state index contributed by atoms with van der Waals surface area (Å²) >= 11 is 0. The molecular weight excluding hydrogens is 374 g/mol. The molecule has 4 rings (SSSR count). The highest BCUT2D eigenvalue weighted by molar-refractivity contribution is 5.81. The Bertz CT molecular complexity index is 992. The highest BCUT2D eigenvalue weighted by Gasteiger charge is 2.34. The second-order valence-corrected chi connectivity index (χ2v) is 8.42. The Morgan fingerprint density at radius 3 is 2.33 bits per heavy atom. The van der Waals surface area contributed by atoms with Crippen LogP contribution in [0.25, 0.3) is 5.69 Å². The number of carbonyl (C=O) groups excluding carboxylic acids is 1. The minimum atomic E-state index is 0.187. The van der Waals surface area contributed by atoms with Gasteiger partial charge in [-0.1, -0.05) is 50.2 Å². The Hall–Kier alpha value is -3.08. The first-order valence-electron chi connectivity index (χ1n) is 10.7. The smallest absolute Gasteiger partial charge is 0.227 e. The number of nitrogens with zero attached hydrogens (tertiary/aromatic N) is 3. The standard InChI is InChI=1S/C25H29N3O2/c1-18(2)16-27(24(29)20-14-15-20)17-23-19(3)26-28(21-10-6-4-7-11-21)25(23)30-22-12-8-5-9-13-22/h4-13,18,20H,14-17H2,1-3H3. The van der Waals surface area contributed by atoms with Crippen molar-refractivity contribution in [1.29, 1.82) is 0 Å². The third kappa shape index (κ3) is 4.56. The van der Waals surface area contributed by atoms with E-state index in [9.17, 15) is 4.79 Å². The summed E-state index contributed by atoms with van der Waals surface area (Å²) in [6.07, 6.45) is 2.01. The zero-order valence-electron chi connectivity index (χ0n) is 17.9. The van der Waals surface area contributed by atoms with Gasteiger partial charge < -0.3 is 9.64 Å². The molecule has 5 nitrogen and oxygen atoms in total. The summed E-state index contributed by atoms with van der Waals surface area (Å²) < 4.78 is 8.18. The summed E-state index contributed by atoms with van der Waals surface area (Å²) in [7, 11) is 0. The fourth-order valence-electron chi connectivity index (χ4n) is 3.62. The molecule has 1 fully saturated rings. The summed E-state index contributed by atoms with van der Waals surface area (Å²) in [5, 5.41) is 4.78. The highest BCUT2D eigenvalue weighted by atomic mass is 16.5. The molecule has 0 unspecified atom stereocenters. The molecule has 0 spiro atoms. The zero-order valence-corrected chi connectivity index (χ0v) is 17.9. The molecule has 1 aromatic heterocycles. The van der Waals surface area contributed by atoms with Crippen LogP contribution in [0.5, 0.6) is 11.6 Å². The second-order valence-electron chi connectivity index (χ2n) is 8.42. The molecule has 0 radical (unpaired) electrons. The van der Waals surface area contributed by atoms with Crippen molar-refractivity contribution in [2.75, 3.05) is 6.54 Å². The average Bonchev–Trinajstić information content (AvgIpc) is 3.55. The number of carbonyl (C=O) groups is 1. The number of ether oxygens (including phenoxy) is 1. The van der Waals surface area contributed by atoms with Crippen molar-refractivity contribution in [3.63, 3.8) is 0 Å². The zero-order chi connectivity index (χ0) is 21.1. The molecule has 1 aliphatic carbocycles. The summed E-state index contributed by atoms with van der Waals surface area (Å²) in [5.74, 6) is 2.26. The summed E-state index contributed by atoms with van der Waals surface area (Å²) in [6, 6.07) is 19.7. The maximum atomic E-state index is 13.0. The molecule has 0 N–H and O–H groups in total. The Kier molecular flexibility index (Phi) is 5.88. The third-order valence-electron chi connectivity index (χ3n) is 5.27. The number of hydrogen-bond donors (Lipinski definition) is 0. The van der Waals surface area contributed by atoms with E-state index in [1.54, 1.807) is 0 Å². The number of para-hydroxylation sites is 2. The van der Waals surface area contributed by atoms with Crippen LogP contribution >= 0.6 is 0 Å². The van der Waals surface area contributed by atoms with Gasteiger partial charge in [0.15, 0.2) is 0 Å². The van der Waals surface area contributed by atoms with Crippen molar-refractivity contribution in [3.05, 3.63) is 71.9 Å². The summed E-state index contributed by atoms with van der Waals surface area (Å²) in [4.78, 5) is 14.9. The Morgan fingerprint density at radius 1 is 1.10 bits per heavy atom. The van der Waals surface area contributed by atoms with Crippen LogP contribution in [0.3, 0.4) is 0 Å². The van der Waals surface area contributed by atoms with Gasteiger partial charge in [-0.15, -0.1) is 0 Å². The van der Waals surface area contributed by atoms with Gasteiger partial charge in [0.25, 0.3) is 0 Å². The van der Waals surface area contributed by atoms with Gasteiger partial charge in [-0.3, -0.25) is 4.79 Å². The first kappa shape index (κ1) is 20.2. The number of benzene rings is 2. The van der Waals surface area contributed by atoms with Crippen molar-refractivity contribution < 1.29 is 9.53 Å². The minimum absolute atomic E-state index is 0.187. The number of aryl methyl sites for hydroxylation is 1. The molecule has 156 valence electrons. The van der Waals surface area contributed by atoms with Crippen LogP contribution in [-0.4, -0.2) is 27.1 Å². The van der Waals surface area contributed by atoms with Gasteiger partial charge in [0.2, 0.25) is 11.8 Å². The van der Waals surface area contributed by atoms with Crippen molar-refractivity contribution in [1.82, 2.24) is 14.7 Å². The van der Waals surface area contributed by atoms with Gasteiger partial charge in [0.1, 0.15) is 5.75 Å². The van der Waals surface area contributed by atoms with E-state index in [4.69, 9.17) is 9.84 Å². The average molecular weight is 404 g/mol. The van der Waals surface area contributed by atoms with Crippen molar-refractivity contribution >= 4 is 5.91 Å². The molecule has 2 aromatic carbocycles. The van der Waals surface area contributed by atoms with Crippen LogP contribution in [0.1, 0.15) is 37.9 Å². The lowest BCUT2D eigenvalue weighted by molar-refractivity contribution is -0.133.